The van der Waals surface area contributed by atoms with Crippen LogP contribution in [0.25, 0.3) is 38.6 Å². The van der Waals surface area contributed by atoms with E-state index in [0.717, 1.165) is 0 Å². The van der Waals surface area contributed by atoms with E-state index in [9.17, 15) is 0 Å². The van der Waals surface area contributed by atoms with Crippen molar-refractivity contribution in [1.82, 2.24) is 13.5 Å². The molecule has 0 saturated heterocycles. The molecule has 0 fully saturated rings. The monoisotopic (exact) mass is 628 g/mol. The summed E-state index contributed by atoms with van der Waals surface area (Å²) in [4.78, 5) is 2.50. The molecular formula is C38H25BN4Se. The summed E-state index contributed by atoms with van der Waals surface area (Å²) in [6.45, 7) is 0.0814. The molecule has 0 radical (unpaired) electrons. The molecule has 2 aliphatic rings. The standard InChI is InChI=1S/C38H25BN4Se/c1-2-12-26(13-3-1)28-14-4-7-17-31(28)43-34-24-27(42-32-18-8-5-15-29(32)30-16-6-9-19-33(30)42)25-35-38(34)39(40-22-10-20-36(40)43)41-23-11-21-37(41)44-35/h1-25H. The van der Waals surface area contributed by atoms with Crippen LogP contribution in [0, 0.1) is 0 Å². The van der Waals surface area contributed by atoms with Gasteiger partial charge in [-0.15, -0.1) is 0 Å². The molecule has 44 heavy (non-hydrogen) atoms. The summed E-state index contributed by atoms with van der Waals surface area (Å²) in [5, 5.41) is 2.57. The summed E-state index contributed by atoms with van der Waals surface area (Å²) < 4.78 is 10.2. The van der Waals surface area contributed by atoms with E-state index < -0.39 is 0 Å². The first-order chi connectivity index (χ1) is 21.8. The van der Waals surface area contributed by atoms with Crippen LogP contribution in [0.5, 0.6) is 0 Å². The number of benzene rings is 5. The molecule has 0 N–H and O–H groups in total. The average molecular weight is 627 g/mol. The summed E-state index contributed by atoms with van der Waals surface area (Å²) in [7, 11) is 0. The van der Waals surface area contributed by atoms with Gasteiger partial charge in [0.15, 0.2) is 0 Å². The van der Waals surface area contributed by atoms with Crippen LogP contribution in [-0.2, 0) is 0 Å². The SMILES string of the molecule is c1ccc(-c2ccccc2N2c3cc(-n4c5ccccc5c5ccccc54)cc4c3B(n3cccc3[Se]4)n3cccc32)cc1. The van der Waals surface area contributed by atoms with Crippen LogP contribution in [0.1, 0.15) is 0 Å². The van der Waals surface area contributed by atoms with Crippen LogP contribution in [0.3, 0.4) is 0 Å². The topological polar surface area (TPSA) is 18.0 Å². The summed E-state index contributed by atoms with van der Waals surface area (Å²) in [5.41, 5.74) is 9.94. The molecule has 5 aromatic carbocycles. The van der Waals surface area contributed by atoms with Gasteiger partial charge in [-0.1, -0.05) is 0 Å². The third kappa shape index (κ3) is 3.30. The third-order valence-corrected chi connectivity index (χ3v) is 11.5. The summed E-state index contributed by atoms with van der Waals surface area (Å²) in [5.74, 6) is 1.17. The van der Waals surface area contributed by atoms with E-state index in [4.69, 9.17) is 0 Å². The zero-order valence-corrected chi connectivity index (χ0v) is 25.4. The third-order valence-electron chi connectivity index (χ3n) is 9.14. The van der Waals surface area contributed by atoms with E-state index in [2.05, 4.69) is 170 Å². The number of anilines is 3. The Labute approximate surface area is 261 Å². The molecule has 2 aliphatic heterocycles. The van der Waals surface area contributed by atoms with Crippen molar-refractivity contribution in [3.8, 4) is 16.8 Å². The van der Waals surface area contributed by atoms with Crippen molar-refractivity contribution in [2.45, 2.75) is 0 Å². The first-order valence-electron chi connectivity index (χ1n) is 15.0. The second-order valence-corrected chi connectivity index (χ2v) is 13.7. The van der Waals surface area contributed by atoms with Crippen LogP contribution in [0.15, 0.2) is 152 Å². The van der Waals surface area contributed by atoms with Gasteiger partial charge in [0, 0.05) is 0 Å². The zero-order chi connectivity index (χ0) is 28.8. The predicted octanol–water partition coefficient (Wildman–Crippen LogP) is 6.60. The van der Waals surface area contributed by atoms with Crippen LogP contribution in [0.2, 0.25) is 0 Å². The molecule has 0 saturated carbocycles. The Morgan fingerprint density at radius 3 is 2.05 bits per heavy atom. The second-order valence-electron chi connectivity index (χ2n) is 11.5. The van der Waals surface area contributed by atoms with E-state index in [1.165, 1.54) is 70.3 Å². The Morgan fingerprint density at radius 2 is 1.23 bits per heavy atom. The Kier molecular flexibility index (Phi) is 5.07. The summed E-state index contributed by atoms with van der Waals surface area (Å²) in [6.07, 6.45) is 4.50. The molecule has 8 aromatic rings. The Morgan fingerprint density at radius 1 is 0.545 bits per heavy atom. The van der Waals surface area contributed by atoms with E-state index in [1.807, 2.05) is 0 Å². The molecule has 0 bridgehead atoms. The first kappa shape index (κ1) is 24.3. The fourth-order valence-corrected chi connectivity index (χ4v) is 9.72. The molecule has 0 aliphatic carbocycles. The molecule has 206 valence electrons. The molecule has 0 unspecified atom stereocenters. The molecule has 3 aromatic heterocycles. The van der Waals surface area contributed by atoms with Crippen LogP contribution < -0.4 is 19.4 Å². The Bertz CT molecular complexity index is 2350. The molecule has 0 amide bonds. The van der Waals surface area contributed by atoms with E-state index in [0.29, 0.717) is 0 Å². The van der Waals surface area contributed by atoms with Crippen LogP contribution in [-0.4, -0.2) is 35.5 Å². The molecule has 6 heteroatoms. The molecule has 10 rings (SSSR count). The minimum absolute atomic E-state index is 0.0814. The summed E-state index contributed by atoms with van der Waals surface area (Å²) >= 11 is 0.161. The maximum absolute atomic E-state index is 2.50. The van der Waals surface area contributed by atoms with Crippen molar-refractivity contribution in [2.24, 2.45) is 0 Å². The van der Waals surface area contributed by atoms with Crippen LogP contribution in [0.4, 0.5) is 17.2 Å². The molecule has 4 nitrogen and oxygen atoms in total. The fraction of sp³-hybridized carbons (Fsp3) is 0. The van der Waals surface area contributed by atoms with Crippen molar-refractivity contribution >= 4 is 75.5 Å². The Balaban J connectivity index is 1.31. The van der Waals surface area contributed by atoms with Crippen molar-refractivity contribution < 1.29 is 0 Å². The second kappa shape index (κ2) is 9.17. The van der Waals surface area contributed by atoms with Crippen molar-refractivity contribution in [2.75, 3.05) is 4.90 Å². The Hall–Kier alpha value is -5.16. The number of fused-ring (bicyclic) bond motifs is 7. The molecule has 0 spiro atoms. The normalized spacial score (nSPS) is 13.3. The minimum atomic E-state index is 0.0814. The molecule has 0 atom stereocenters. The zero-order valence-electron chi connectivity index (χ0n) is 23.7. The maximum atomic E-state index is 2.50. The number of para-hydroxylation sites is 3. The fourth-order valence-electron chi connectivity index (χ4n) is 7.34. The van der Waals surface area contributed by atoms with Crippen molar-refractivity contribution in [3.63, 3.8) is 0 Å². The number of aromatic nitrogens is 3. The van der Waals surface area contributed by atoms with Gasteiger partial charge in [0.25, 0.3) is 0 Å². The number of nitrogens with zero attached hydrogens (tertiary/aromatic N) is 4. The van der Waals surface area contributed by atoms with Gasteiger partial charge in [-0.25, -0.2) is 0 Å². The van der Waals surface area contributed by atoms with Gasteiger partial charge in [0.2, 0.25) is 0 Å². The molecule has 5 heterocycles. The van der Waals surface area contributed by atoms with Gasteiger partial charge >= 0.3 is 263 Å². The number of hydrogen-bond donors (Lipinski definition) is 0. The van der Waals surface area contributed by atoms with Gasteiger partial charge in [0.05, 0.1) is 0 Å². The average Bonchev–Trinajstić information content (AvgIpc) is 3.83. The van der Waals surface area contributed by atoms with Gasteiger partial charge in [-0.3, -0.25) is 0 Å². The predicted molar refractivity (Wildman–Crippen MR) is 185 cm³/mol. The summed E-state index contributed by atoms with van der Waals surface area (Å²) in [6, 6.07) is 51.1. The van der Waals surface area contributed by atoms with Gasteiger partial charge in [-0.2, -0.15) is 0 Å². The molecular weight excluding hydrogens is 602 g/mol. The van der Waals surface area contributed by atoms with Gasteiger partial charge < -0.3 is 0 Å². The quantitative estimate of drug-likeness (QED) is 0.202. The number of rotatable bonds is 3. The van der Waals surface area contributed by atoms with E-state index in [1.54, 1.807) is 0 Å². The number of hydrogen-bond acceptors (Lipinski definition) is 1. The van der Waals surface area contributed by atoms with Crippen molar-refractivity contribution in [1.29, 1.82) is 0 Å². The van der Waals surface area contributed by atoms with Gasteiger partial charge in [-0.05, 0) is 0 Å². The van der Waals surface area contributed by atoms with E-state index in [-0.39, 0.29) is 21.9 Å². The first-order valence-corrected chi connectivity index (χ1v) is 16.7. The van der Waals surface area contributed by atoms with Gasteiger partial charge in [0.1, 0.15) is 0 Å². The van der Waals surface area contributed by atoms with Crippen LogP contribution >= 0.6 is 0 Å². The van der Waals surface area contributed by atoms with Crippen molar-refractivity contribution in [3.05, 3.63) is 152 Å². The van der Waals surface area contributed by atoms with E-state index >= 15 is 0 Å².